The summed E-state index contributed by atoms with van der Waals surface area (Å²) in [4.78, 5) is 2.35. The zero-order chi connectivity index (χ0) is 30.0. The predicted octanol–water partition coefficient (Wildman–Crippen LogP) is 8.89. The topological polar surface area (TPSA) is 105 Å². The van der Waals surface area contributed by atoms with Gasteiger partial charge in [0.1, 0.15) is 0 Å². The average Bonchev–Trinajstić information content (AvgIpc) is 2.96. The summed E-state index contributed by atoms with van der Waals surface area (Å²) in [5.74, 6) is 0. The van der Waals surface area contributed by atoms with Crippen molar-refractivity contribution in [3.8, 4) is 0 Å². The first-order chi connectivity index (χ1) is 19.8. The molecule has 0 heterocycles. The van der Waals surface area contributed by atoms with Crippen LogP contribution in [0.25, 0.3) is 5.53 Å². The van der Waals surface area contributed by atoms with Crippen molar-refractivity contribution in [2.75, 3.05) is 0 Å². The summed E-state index contributed by atoms with van der Waals surface area (Å²) in [7, 11) is -9.08. The van der Waals surface area contributed by atoms with Gasteiger partial charge in [0.25, 0.3) is 19.7 Å². The molecule has 228 valence electrons. The Kier molecular flexibility index (Phi) is 16.2. The molecule has 0 unspecified atom stereocenters. The van der Waals surface area contributed by atoms with Crippen molar-refractivity contribution < 1.29 is 21.6 Å². The van der Waals surface area contributed by atoms with Gasteiger partial charge >= 0.3 is 4.38 Å². The van der Waals surface area contributed by atoms with Gasteiger partial charge < -0.3 is 5.53 Å². The number of benzene rings is 2. The second-order valence-corrected chi connectivity index (χ2v) is 15.1. The van der Waals surface area contributed by atoms with E-state index in [2.05, 4.69) is 18.6 Å². The van der Waals surface area contributed by atoms with Crippen LogP contribution in [0.3, 0.4) is 0 Å². The third kappa shape index (κ3) is 11.9. The van der Waals surface area contributed by atoms with Crippen molar-refractivity contribution in [2.45, 2.75) is 139 Å². The molecule has 8 heteroatoms. The Bertz CT molecular complexity index is 1180. The number of hydrogen-bond acceptors (Lipinski definition) is 4. The summed E-state index contributed by atoms with van der Waals surface area (Å²) in [6.07, 6.45) is 21.1. The van der Waals surface area contributed by atoms with Gasteiger partial charge in [-0.2, -0.15) is 0 Å². The van der Waals surface area contributed by atoms with Gasteiger partial charge in [0.2, 0.25) is 0 Å². The monoisotopic (exact) mass is 602 g/mol. The van der Waals surface area contributed by atoms with E-state index in [1.54, 1.807) is 24.3 Å². The molecule has 0 atom stereocenters. The van der Waals surface area contributed by atoms with Crippen molar-refractivity contribution in [3.63, 3.8) is 0 Å². The van der Waals surface area contributed by atoms with Gasteiger partial charge in [-0.15, -0.1) is 4.79 Å². The van der Waals surface area contributed by atoms with Crippen molar-refractivity contribution in [1.29, 1.82) is 0 Å². The minimum Gasteiger partial charge on any atom is -0.359 e. The van der Waals surface area contributed by atoms with Crippen LogP contribution in [0.2, 0.25) is 0 Å². The standard InChI is InChI=1S/C33H50N2O4S2/c1-3-5-7-9-11-13-15-17-19-29-21-25-31(26-22-29)40(36,37)33(35-34)41(38,39)32-27-23-30(24-28-32)20-18-16-14-12-10-8-6-4-2/h21-28H,3-20H2,1-2H3. The van der Waals surface area contributed by atoms with E-state index in [0.29, 0.717) is 0 Å². The summed E-state index contributed by atoms with van der Waals surface area (Å²) in [5, 5.41) is 0. The van der Waals surface area contributed by atoms with Crippen LogP contribution >= 0.6 is 0 Å². The molecule has 0 N–H and O–H groups in total. The molecular formula is C33H50N2O4S2. The first kappa shape index (κ1) is 34.9. The van der Waals surface area contributed by atoms with Crippen LogP contribution in [0.1, 0.15) is 128 Å². The van der Waals surface area contributed by atoms with Crippen molar-refractivity contribution in [3.05, 3.63) is 65.2 Å². The lowest BCUT2D eigenvalue weighted by atomic mass is 10.0. The maximum absolute atomic E-state index is 13.2. The lowest BCUT2D eigenvalue weighted by Crippen LogP contribution is -2.26. The molecule has 2 aromatic carbocycles. The van der Waals surface area contributed by atoms with E-state index in [1.807, 2.05) is 0 Å². The van der Waals surface area contributed by atoms with Crippen LogP contribution in [-0.2, 0) is 32.5 Å². The molecule has 2 rings (SSSR count). The Hall–Kier alpha value is -2.28. The molecule has 41 heavy (non-hydrogen) atoms. The van der Waals surface area contributed by atoms with E-state index in [0.717, 1.165) is 49.7 Å². The van der Waals surface area contributed by atoms with Crippen LogP contribution in [0.15, 0.2) is 58.3 Å². The van der Waals surface area contributed by atoms with Gasteiger partial charge in [0.15, 0.2) is 0 Å². The number of hydrogen-bond donors (Lipinski definition) is 0. The van der Waals surface area contributed by atoms with E-state index in [1.165, 1.54) is 101 Å². The highest BCUT2D eigenvalue weighted by molar-refractivity contribution is 8.31. The number of unbranched alkanes of at least 4 members (excludes halogenated alkanes) is 14. The summed E-state index contributed by atoms with van der Waals surface area (Å²) >= 11 is 0. The van der Waals surface area contributed by atoms with Crippen LogP contribution in [-0.4, -0.2) is 26.0 Å². The highest BCUT2D eigenvalue weighted by Crippen LogP contribution is 2.22. The summed E-state index contributed by atoms with van der Waals surface area (Å²) in [6, 6.07) is 12.4. The van der Waals surface area contributed by atoms with Gasteiger partial charge in [-0.1, -0.05) is 128 Å². The summed E-state index contributed by atoms with van der Waals surface area (Å²) in [5.41, 5.74) is 11.5. The molecule has 0 bridgehead atoms. The quantitative estimate of drug-likeness (QED) is 0.0496. The number of aryl methyl sites for hydroxylation is 2. The van der Waals surface area contributed by atoms with Crippen molar-refractivity contribution >= 4 is 24.1 Å². The predicted molar refractivity (Wildman–Crippen MR) is 169 cm³/mol. The fraction of sp³-hybridized carbons (Fsp3) is 0.606. The maximum atomic E-state index is 13.2. The van der Waals surface area contributed by atoms with Crippen LogP contribution in [0.5, 0.6) is 0 Å². The normalized spacial score (nSPS) is 11.9. The van der Waals surface area contributed by atoms with Gasteiger partial charge in [0, 0.05) is 0 Å². The van der Waals surface area contributed by atoms with Crippen molar-refractivity contribution in [1.82, 2.24) is 0 Å². The molecule has 0 aliphatic carbocycles. The summed E-state index contributed by atoms with van der Waals surface area (Å²) < 4.78 is 51.5. The lowest BCUT2D eigenvalue weighted by Gasteiger charge is -2.06. The fourth-order valence-corrected chi connectivity index (χ4v) is 8.39. The summed E-state index contributed by atoms with van der Waals surface area (Å²) in [6.45, 7) is 4.42. The molecule has 2 aromatic rings. The van der Waals surface area contributed by atoms with Gasteiger partial charge in [-0.3, -0.25) is 0 Å². The Labute approximate surface area is 249 Å². The molecular weight excluding hydrogens is 553 g/mol. The second kappa shape index (κ2) is 19.0. The first-order valence-electron chi connectivity index (χ1n) is 15.7. The zero-order valence-corrected chi connectivity index (χ0v) is 26.8. The second-order valence-electron chi connectivity index (χ2n) is 11.1. The molecule has 0 aromatic heterocycles. The number of rotatable bonds is 20. The maximum Gasteiger partial charge on any atom is 0.504 e. The van der Waals surface area contributed by atoms with Gasteiger partial charge in [-0.05, 0) is 61.1 Å². The van der Waals surface area contributed by atoms with E-state index in [9.17, 15) is 22.4 Å². The number of nitrogens with zero attached hydrogens (tertiary/aromatic N) is 2. The molecule has 0 radical (unpaired) electrons. The molecule has 0 aliphatic heterocycles. The van der Waals surface area contributed by atoms with Crippen LogP contribution < -0.4 is 0 Å². The minimum atomic E-state index is -4.54. The van der Waals surface area contributed by atoms with E-state index < -0.39 is 24.1 Å². The van der Waals surface area contributed by atoms with Crippen LogP contribution in [0.4, 0.5) is 0 Å². The zero-order valence-electron chi connectivity index (χ0n) is 25.2. The lowest BCUT2D eigenvalue weighted by molar-refractivity contribution is 0.00380. The SMILES string of the molecule is CCCCCCCCCCc1ccc(S(=O)(=O)C(=[N+]=[N-])S(=O)(=O)c2ccc(CCCCCCCCCC)cc2)cc1. The average molecular weight is 603 g/mol. The van der Waals surface area contributed by atoms with Gasteiger partial charge in [0.05, 0.1) is 9.79 Å². The first-order valence-corrected chi connectivity index (χ1v) is 18.6. The Balaban J connectivity index is 1.92. The van der Waals surface area contributed by atoms with Crippen LogP contribution in [0, 0.1) is 0 Å². The van der Waals surface area contributed by atoms with E-state index in [4.69, 9.17) is 0 Å². The van der Waals surface area contributed by atoms with E-state index >= 15 is 0 Å². The third-order valence-electron chi connectivity index (χ3n) is 7.65. The largest absolute Gasteiger partial charge is 0.504 e. The van der Waals surface area contributed by atoms with Crippen molar-refractivity contribution in [2.24, 2.45) is 0 Å². The highest BCUT2D eigenvalue weighted by atomic mass is 32.3. The Morgan fingerprint density at radius 1 is 0.512 bits per heavy atom. The molecule has 0 spiro atoms. The Morgan fingerprint density at radius 3 is 1.10 bits per heavy atom. The smallest absolute Gasteiger partial charge is 0.359 e. The molecule has 0 aliphatic rings. The molecule has 0 amide bonds. The Morgan fingerprint density at radius 2 is 0.805 bits per heavy atom. The molecule has 0 saturated carbocycles. The number of sulfone groups is 2. The highest BCUT2D eigenvalue weighted by Gasteiger charge is 2.43. The molecule has 0 saturated heterocycles. The molecule has 6 nitrogen and oxygen atoms in total. The van der Waals surface area contributed by atoms with Gasteiger partial charge in [-0.25, -0.2) is 16.8 Å². The third-order valence-corrected chi connectivity index (χ3v) is 11.8. The van der Waals surface area contributed by atoms with E-state index in [-0.39, 0.29) is 9.79 Å². The minimum absolute atomic E-state index is 0.208. The fourth-order valence-electron chi connectivity index (χ4n) is 5.05. The molecule has 0 fully saturated rings.